The second kappa shape index (κ2) is 10.1. The molecule has 0 aliphatic carbocycles. The maximum atomic E-state index is 12.7. The van der Waals surface area contributed by atoms with E-state index in [-0.39, 0.29) is 23.8 Å². The van der Waals surface area contributed by atoms with E-state index in [1.807, 2.05) is 38.1 Å². The van der Waals surface area contributed by atoms with E-state index < -0.39 is 11.2 Å². The Bertz CT molecular complexity index is 989. The number of aliphatic imine (C=N–C) groups is 1. The van der Waals surface area contributed by atoms with Gasteiger partial charge in [0.05, 0.1) is 17.9 Å². The van der Waals surface area contributed by atoms with Gasteiger partial charge in [0, 0.05) is 18.7 Å². The van der Waals surface area contributed by atoms with Crippen LogP contribution in [0.5, 0.6) is 5.75 Å². The number of ether oxygens (including phenoxy) is 1. The van der Waals surface area contributed by atoms with Gasteiger partial charge >= 0.3 is 5.97 Å². The molecule has 2 aromatic carbocycles. The van der Waals surface area contributed by atoms with Crippen molar-refractivity contribution in [3.8, 4) is 5.75 Å². The van der Waals surface area contributed by atoms with Crippen LogP contribution in [0.15, 0.2) is 53.5 Å². The molecule has 1 saturated heterocycles. The Balaban J connectivity index is 1.66. The van der Waals surface area contributed by atoms with Gasteiger partial charge in [0.15, 0.2) is 5.17 Å². The molecule has 1 aliphatic heterocycles. The van der Waals surface area contributed by atoms with Crippen LogP contribution < -0.4 is 10.1 Å². The minimum atomic E-state index is -1.04. The number of carbonyl (C=O) groups is 3. The highest BCUT2D eigenvalue weighted by Gasteiger charge is 2.38. The molecule has 1 fully saturated rings. The number of nitrogens with zero attached hydrogens (tertiary/aromatic N) is 2. The molecule has 2 amide bonds. The average molecular weight is 442 g/mol. The summed E-state index contributed by atoms with van der Waals surface area (Å²) in [5.41, 5.74) is 1.30. The highest BCUT2D eigenvalue weighted by atomic mass is 32.2. The van der Waals surface area contributed by atoms with Crippen LogP contribution in [-0.4, -0.2) is 51.4 Å². The number of thioether (sulfide) groups is 1. The van der Waals surface area contributed by atoms with E-state index in [9.17, 15) is 14.4 Å². The van der Waals surface area contributed by atoms with Crippen molar-refractivity contribution < 1.29 is 24.2 Å². The Morgan fingerprint density at radius 2 is 1.81 bits per heavy atom. The molecular weight excluding hydrogens is 418 g/mol. The van der Waals surface area contributed by atoms with Gasteiger partial charge in [-0.1, -0.05) is 11.8 Å². The van der Waals surface area contributed by atoms with Gasteiger partial charge in [-0.25, -0.2) is 9.79 Å². The number of hydrogen-bond acceptors (Lipinski definition) is 6. The minimum absolute atomic E-state index is 0.0109. The zero-order valence-electron chi connectivity index (χ0n) is 17.2. The molecule has 2 aromatic rings. The van der Waals surface area contributed by atoms with Crippen LogP contribution in [0, 0.1) is 0 Å². The van der Waals surface area contributed by atoms with Crippen molar-refractivity contribution in [1.82, 2.24) is 4.90 Å². The van der Waals surface area contributed by atoms with Gasteiger partial charge in [-0.05, 0) is 62.4 Å². The lowest BCUT2D eigenvalue weighted by atomic mass is 10.2. The van der Waals surface area contributed by atoms with Crippen LogP contribution >= 0.6 is 11.8 Å². The summed E-state index contributed by atoms with van der Waals surface area (Å²) in [6.07, 6.45) is -0.0109. The second-order valence-electron chi connectivity index (χ2n) is 6.65. The molecule has 0 aromatic heterocycles. The molecule has 0 radical (unpaired) electrons. The summed E-state index contributed by atoms with van der Waals surface area (Å²) >= 11 is 1.26. The zero-order valence-corrected chi connectivity index (χ0v) is 18.0. The first-order chi connectivity index (χ1) is 14.9. The summed E-state index contributed by atoms with van der Waals surface area (Å²) in [5, 5.41) is 11.6. The number of benzene rings is 2. The molecule has 31 heavy (non-hydrogen) atoms. The smallest absolute Gasteiger partial charge is 0.335 e. The lowest BCUT2D eigenvalue weighted by Crippen LogP contribution is -2.33. The van der Waals surface area contributed by atoms with Gasteiger partial charge in [-0.3, -0.25) is 14.5 Å². The normalized spacial score (nSPS) is 17.1. The van der Waals surface area contributed by atoms with Gasteiger partial charge < -0.3 is 15.2 Å². The van der Waals surface area contributed by atoms with Crippen molar-refractivity contribution in [2.45, 2.75) is 25.5 Å². The van der Waals surface area contributed by atoms with Crippen LogP contribution in [0.4, 0.5) is 11.4 Å². The molecular formula is C22H23N3O5S. The zero-order chi connectivity index (χ0) is 22.4. The number of carboxylic acids is 1. The number of nitrogens with one attached hydrogen (secondary N) is 1. The third kappa shape index (κ3) is 5.64. The van der Waals surface area contributed by atoms with Crippen LogP contribution in [0.2, 0.25) is 0 Å². The Kier molecular flexibility index (Phi) is 7.30. The molecule has 3 rings (SSSR count). The summed E-state index contributed by atoms with van der Waals surface area (Å²) in [7, 11) is 0. The van der Waals surface area contributed by atoms with E-state index in [2.05, 4.69) is 10.3 Å². The number of amidine groups is 1. The van der Waals surface area contributed by atoms with Crippen molar-refractivity contribution >= 4 is 46.1 Å². The van der Waals surface area contributed by atoms with Crippen LogP contribution in [0.25, 0.3) is 0 Å². The Morgan fingerprint density at radius 1 is 1.13 bits per heavy atom. The van der Waals surface area contributed by atoms with Crippen molar-refractivity contribution in [2.24, 2.45) is 4.99 Å². The fourth-order valence-electron chi connectivity index (χ4n) is 2.99. The molecule has 162 valence electrons. The summed E-state index contributed by atoms with van der Waals surface area (Å²) in [4.78, 5) is 42.2. The Hall–Kier alpha value is -3.33. The first-order valence-corrected chi connectivity index (χ1v) is 10.7. The number of amides is 2. The molecule has 1 atom stereocenters. The van der Waals surface area contributed by atoms with Gasteiger partial charge in [0.2, 0.25) is 11.8 Å². The topological polar surface area (TPSA) is 108 Å². The predicted octanol–water partition coefficient (Wildman–Crippen LogP) is 3.76. The van der Waals surface area contributed by atoms with Crippen LogP contribution in [0.3, 0.4) is 0 Å². The molecule has 0 spiro atoms. The van der Waals surface area contributed by atoms with E-state index in [0.717, 1.165) is 5.75 Å². The van der Waals surface area contributed by atoms with E-state index >= 15 is 0 Å². The summed E-state index contributed by atoms with van der Waals surface area (Å²) in [6, 6.07) is 13.1. The average Bonchev–Trinajstić information content (AvgIpc) is 3.03. The SMILES string of the molecule is CCOc1ccc(N=C2S[C@H](CC(=O)Nc3ccc(C(=O)O)cc3)C(=O)N2CC)cc1. The summed E-state index contributed by atoms with van der Waals surface area (Å²) in [6.45, 7) is 4.81. The van der Waals surface area contributed by atoms with E-state index in [0.29, 0.717) is 29.7 Å². The van der Waals surface area contributed by atoms with Gasteiger partial charge in [0.25, 0.3) is 0 Å². The van der Waals surface area contributed by atoms with Crippen LogP contribution in [-0.2, 0) is 9.59 Å². The first-order valence-electron chi connectivity index (χ1n) is 9.84. The predicted molar refractivity (Wildman–Crippen MR) is 120 cm³/mol. The molecule has 1 aliphatic rings. The van der Waals surface area contributed by atoms with Gasteiger partial charge in [-0.15, -0.1) is 0 Å². The lowest BCUT2D eigenvalue weighted by Gasteiger charge is -2.13. The highest BCUT2D eigenvalue weighted by Crippen LogP contribution is 2.32. The fourth-order valence-corrected chi connectivity index (χ4v) is 4.21. The molecule has 0 saturated carbocycles. The molecule has 1 heterocycles. The van der Waals surface area contributed by atoms with Gasteiger partial charge in [0.1, 0.15) is 11.0 Å². The maximum Gasteiger partial charge on any atom is 0.335 e. The number of hydrogen-bond donors (Lipinski definition) is 2. The monoisotopic (exact) mass is 441 g/mol. The lowest BCUT2D eigenvalue weighted by molar-refractivity contribution is -0.128. The summed E-state index contributed by atoms with van der Waals surface area (Å²) < 4.78 is 5.43. The molecule has 8 nitrogen and oxygen atoms in total. The number of carboxylic acid groups (broad SMARTS) is 1. The number of carbonyl (C=O) groups excluding carboxylic acids is 2. The van der Waals surface area contributed by atoms with Crippen molar-refractivity contribution in [2.75, 3.05) is 18.5 Å². The molecule has 9 heteroatoms. The van der Waals surface area contributed by atoms with Crippen molar-refractivity contribution in [1.29, 1.82) is 0 Å². The third-order valence-electron chi connectivity index (χ3n) is 4.50. The van der Waals surface area contributed by atoms with Crippen molar-refractivity contribution in [3.63, 3.8) is 0 Å². The largest absolute Gasteiger partial charge is 0.494 e. The minimum Gasteiger partial charge on any atom is -0.494 e. The second-order valence-corrected chi connectivity index (χ2v) is 7.81. The van der Waals surface area contributed by atoms with E-state index in [1.54, 1.807) is 4.90 Å². The number of anilines is 1. The quantitative estimate of drug-likeness (QED) is 0.646. The van der Waals surface area contributed by atoms with Crippen LogP contribution in [0.1, 0.15) is 30.6 Å². The standard InChI is InChI=1S/C22H23N3O5S/c1-3-25-20(27)18(13-19(26)23-15-7-5-14(6-8-15)21(28)29)31-22(25)24-16-9-11-17(12-10-16)30-4-2/h5-12,18H,3-4,13H2,1-2H3,(H,23,26)(H,28,29)/t18-/m1/s1. The van der Waals surface area contributed by atoms with Crippen molar-refractivity contribution in [3.05, 3.63) is 54.1 Å². The third-order valence-corrected chi connectivity index (χ3v) is 5.67. The number of aromatic carboxylic acids is 1. The number of rotatable bonds is 8. The van der Waals surface area contributed by atoms with E-state index in [1.165, 1.54) is 36.0 Å². The highest BCUT2D eigenvalue weighted by molar-refractivity contribution is 8.15. The maximum absolute atomic E-state index is 12.7. The van der Waals surface area contributed by atoms with E-state index in [4.69, 9.17) is 9.84 Å². The van der Waals surface area contributed by atoms with Gasteiger partial charge in [-0.2, -0.15) is 0 Å². The Morgan fingerprint density at radius 3 is 2.39 bits per heavy atom. The Labute approximate surface area is 184 Å². The summed E-state index contributed by atoms with van der Waals surface area (Å²) in [5.74, 6) is -0.773. The molecule has 0 bridgehead atoms. The molecule has 2 N–H and O–H groups in total. The molecule has 0 unspecified atom stereocenters. The first kappa shape index (κ1) is 22.4. The fraction of sp³-hybridized carbons (Fsp3) is 0.273.